The summed E-state index contributed by atoms with van der Waals surface area (Å²) in [6.07, 6.45) is 1.84. The van der Waals surface area contributed by atoms with Gasteiger partial charge in [-0.3, -0.25) is 5.10 Å². The van der Waals surface area contributed by atoms with Crippen LogP contribution in [0.3, 0.4) is 0 Å². The van der Waals surface area contributed by atoms with Gasteiger partial charge in [0.2, 0.25) is 0 Å². The molecular weight excluding hydrogens is 304 g/mol. The molecule has 2 N–H and O–H groups in total. The minimum atomic E-state index is -0.0891. The minimum Gasteiger partial charge on any atom is -0.491 e. The summed E-state index contributed by atoms with van der Waals surface area (Å²) in [5, 5.41) is 10.9. The number of nitrogens with one attached hydrogen (secondary N) is 2. The summed E-state index contributed by atoms with van der Waals surface area (Å²) in [6, 6.07) is 12.1. The summed E-state index contributed by atoms with van der Waals surface area (Å²) in [7, 11) is 1.64. The monoisotopic (exact) mass is 322 g/mol. The minimum absolute atomic E-state index is 0.0891. The summed E-state index contributed by atoms with van der Waals surface area (Å²) in [5.74, 6) is 0.838. The van der Waals surface area contributed by atoms with Crippen molar-refractivity contribution >= 4 is 16.9 Å². The molecule has 1 aromatic heterocycles. The molecule has 1 aliphatic rings. The van der Waals surface area contributed by atoms with Gasteiger partial charge in [0.1, 0.15) is 12.4 Å². The van der Waals surface area contributed by atoms with Gasteiger partial charge in [-0.25, -0.2) is 4.79 Å². The topological polar surface area (TPSA) is 70.2 Å². The van der Waals surface area contributed by atoms with E-state index >= 15 is 0 Å². The Morgan fingerprint density at radius 2 is 2.25 bits per heavy atom. The second kappa shape index (κ2) is 5.88. The molecule has 0 unspecified atom stereocenters. The van der Waals surface area contributed by atoms with Crippen LogP contribution >= 0.6 is 0 Å². The number of fused-ring (bicyclic) bond motifs is 2. The Morgan fingerprint density at radius 1 is 1.33 bits per heavy atom. The van der Waals surface area contributed by atoms with Crippen LogP contribution in [0.1, 0.15) is 5.56 Å². The highest BCUT2D eigenvalue weighted by Gasteiger charge is 2.19. The molecule has 0 saturated heterocycles. The Bertz CT molecular complexity index is 903. The third-order valence-electron chi connectivity index (χ3n) is 4.34. The average Bonchev–Trinajstić information content (AvgIpc) is 2.99. The Labute approximate surface area is 139 Å². The van der Waals surface area contributed by atoms with Crippen molar-refractivity contribution in [3.8, 4) is 16.9 Å². The second-order valence-electron chi connectivity index (χ2n) is 5.78. The van der Waals surface area contributed by atoms with Crippen LogP contribution in [0.5, 0.6) is 5.75 Å². The summed E-state index contributed by atoms with van der Waals surface area (Å²) in [4.78, 5) is 13.7. The predicted octanol–water partition coefficient (Wildman–Crippen LogP) is 2.76. The first-order chi connectivity index (χ1) is 11.8. The van der Waals surface area contributed by atoms with Crippen molar-refractivity contribution in [3.63, 3.8) is 0 Å². The standard InChI is InChI=1S/C18H18N4O2/c1-19-18(23)22-7-8-24-17-6-5-12(9-13(17)11-22)14-3-2-4-16-15(14)10-20-21-16/h2-6,9-10H,7-8,11H2,1H3,(H,19,23)(H,20,21). The van der Waals surface area contributed by atoms with Crippen molar-refractivity contribution < 1.29 is 9.53 Å². The number of hydrogen-bond donors (Lipinski definition) is 2. The molecule has 4 rings (SSSR count). The highest BCUT2D eigenvalue weighted by atomic mass is 16.5. The number of urea groups is 1. The molecule has 2 amide bonds. The first-order valence-electron chi connectivity index (χ1n) is 7.91. The molecule has 0 aliphatic carbocycles. The molecule has 6 heteroatoms. The number of hydrogen-bond acceptors (Lipinski definition) is 3. The fourth-order valence-corrected chi connectivity index (χ4v) is 3.11. The Kier molecular flexibility index (Phi) is 3.57. The normalized spacial score (nSPS) is 14.0. The van der Waals surface area contributed by atoms with Crippen LogP contribution in [0.25, 0.3) is 22.0 Å². The van der Waals surface area contributed by atoms with Crippen LogP contribution < -0.4 is 10.1 Å². The van der Waals surface area contributed by atoms with E-state index in [1.165, 1.54) is 0 Å². The zero-order valence-electron chi connectivity index (χ0n) is 13.4. The van der Waals surface area contributed by atoms with Gasteiger partial charge in [0.15, 0.2) is 0 Å². The van der Waals surface area contributed by atoms with Gasteiger partial charge in [-0.15, -0.1) is 0 Å². The van der Waals surface area contributed by atoms with Crippen molar-refractivity contribution in [1.29, 1.82) is 0 Å². The summed E-state index contributed by atoms with van der Waals surface area (Å²) < 4.78 is 5.80. The van der Waals surface area contributed by atoms with Crippen LogP contribution in [0.15, 0.2) is 42.6 Å². The van der Waals surface area contributed by atoms with Gasteiger partial charge in [-0.1, -0.05) is 18.2 Å². The van der Waals surface area contributed by atoms with Crippen LogP contribution in [-0.4, -0.2) is 41.3 Å². The molecular formula is C18H18N4O2. The van der Waals surface area contributed by atoms with Gasteiger partial charge in [-0.2, -0.15) is 5.10 Å². The summed E-state index contributed by atoms with van der Waals surface area (Å²) in [6.45, 7) is 1.60. The second-order valence-corrected chi connectivity index (χ2v) is 5.78. The van der Waals surface area contributed by atoms with E-state index in [1.54, 1.807) is 11.9 Å². The number of nitrogens with zero attached hydrogens (tertiary/aromatic N) is 2. The predicted molar refractivity (Wildman–Crippen MR) is 91.9 cm³/mol. The molecule has 2 heterocycles. The summed E-state index contributed by atoms with van der Waals surface area (Å²) in [5.41, 5.74) is 4.21. The lowest BCUT2D eigenvalue weighted by molar-refractivity contribution is 0.190. The molecule has 0 spiro atoms. The van der Waals surface area contributed by atoms with E-state index in [2.05, 4.69) is 33.7 Å². The lowest BCUT2D eigenvalue weighted by Gasteiger charge is -2.19. The number of carbonyl (C=O) groups is 1. The van der Waals surface area contributed by atoms with E-state index in [1.807, 2.05) is 24.4 Å². The molecule has 3 aromatic rings. The molecule has 122 valence electrons. The molecule has 0 radical (unpaired) electrons. The zero-order chi connectivity index (χ0) is 16.5. The molecule has 0 bridgehead atoms. The number of ether oxygens (including phenoxy) is 1. The van der Waals surface area contributed by atoms with Gasteiger partial charge < -0.3 is 15.0 Å². The lowest BCUT2D eigenvalue weighted by atomic mass is 9.99. The third-order valence-corrected chi connectivity index (χ3v) is 4.34. The highest BCUT2D eigenvalue weighted by Crippen LogP contribution is 2.32. The molecule has 0 fully saturated rings. The molecule has 0 atom stereocenters. The number of benzene rings is 2. The molecule has 24 heavy (non-hydrogen) atoms. The van der Waals surface area contributed by atoms with Crippen molar-refractivity contribution in [2.45, 2.75) is 6.54 Å². The maximum Gasteiger partial charge on any atom is 0.317 e. The smallest absolute Gasteiger partial charge is 0.317 e. The van der Waals surface area contributed by atoms with E-state index in [9.17, 15) is 4.79 Å². The van der Waals surface area contributed by atoms with Gasteiger partial charge in [0.25, 0.3) is 0 Å². The average molecular weight is 322 g/mol. The molecule has 2 aromatic carbocycles. The van der Waals surface area contributed by atoms with Crippen molar-refractivity contribution in [3.05, 3.63) is 48.2 Å². The van der Waals surface area contributed by atoms with E-state index in [-0.39, 0.29) is 6.03 Å². The van der Waals surface area contributed by atoms with E-state index in [0.717, 1.165) is 33.3 Å². The number of carbonyl (C=O) groups excluding carboxylic acids is 1. The first kappa shape index (κ1) is 14.6. The fourth-order valence-electron chi connectivity index (χ4n) is 3.11. The van der Waals surface area contributed by atoms with E-state index < -0.39 is 0 Å². The van der Waals surface area contributed by atoms with Gasteiger partial charge in [0.05, 0.1) is 24.8 Å². The van der Waals surface area contributed by atoms with Gasteiger partial charge in [-0.05, 0) is 29.3 Å². The number of H-pyrrole nitrogens is 1. The third kappa shape index (κ3) is 2.46. The van der Waals surface area contributed by atoms with Crippen LogP contribution in [0, 0.1) is 0 Å². The zero-order valence-corrected chi connectivity index (χ0v) is 13.4. The number of rotatable bonds is 1. The lowest BCUT2D eigenvalue weighted by Crippen LogP contribution is -2.38. The molecule has 0 saturated carbocycles. The number of aromatic nitrogens is 2. The van der Waals surface area contributed by atoms with Crippen LogP contribution in [0.4, 0.5) is 4.79 Å². The fraction of sp³-hybridized carbons (Fsp3) is 0.222. The molecule has 6 nitrogen and oxygen atoms in total. The first-order valence-corrected chi connectivity index (χ1v) is 7.91. The largest absolute Gasteiger partial charge is 0.491 e. The van der Waals surface area contributed by atoms with Crippen LogP contribution in [0.2, 0.25) is 0 Å². The highest BCUT2D eigenvalue weighted by molar-refractivity contribution is 5.94. The van der Waals surface area contributed by atoms with Crippen LogP contribution in [-0.2, 0) is 6.54 Å². The maximum atomic E-state index is 12.0. The number of amides is 2. The van der Waals surface area contributed by atoms with E-state index in [4.69, 9.17) is 4.74 Å². The number of aromatic amines is 1. The van der Waals surface area contributed by atoms with Gasteiger partial charge in [0, 0.05) is 18.0 Å². The van der Waals surface area contributed by atoms with Gasteiger partial charge >= 0.3 is 6.03 Å². The van der Waals surface area contributed by atoms with Crippen molar-refractivity contribution in [2.75, 3.05) is 20.2 Å². The Hall–Kier alpha value is -3.02. The summed E-state index contributed by atoms with van der Waals surface area (Å²) >= 11 is 0. The Morgan fingerprint density at radius 3 is 3.12 bits per heavy atom. The quantitative estimate of drug-likeness (QED) is 0.724. The van der Waals surface area contributed by atoms with Crippen molar-refractivity contribution in [2.24, 2.45) is 0 Å². The van der Waals surface area contributed by atoms with E-state index in [0.29, 0.717) is 19.7 Å². The maximum absolute atomic E-state index is 12.0. The Balaban J connectivity index is 1.76. The molecule has 1 aliphatic heterocycles. The van der Waals surface area contributed by atoms with Crippen molar-refractivity contribution in [1.82, 2.24) is 20.4 Å². The SMILES string of the molecule is CNC(=O)N1CCOc2ccc(-c3cccc4[nH]ncc34)cc2C1.